The second kappa shape index (κ2) is 5.77. The first-order valence-corrected chi connectivity index (χ1v) is 5.32. The molecule has 1 rings (SSSR count). The van der Waals surface area contributed by atoms with Gasteiger partial charge in [0.1, 0.15) is 5.82 Å². The topological polar surface area (TPSA) is 32.3 Å². The third kappa shape index (κ3) is 5.63. The molecule has 1 aromatic carbocycles. The number of hydrogen-bond donors (Lipinski definition) is 2. The van der Waals surface area contributed by atoms with E-state index < -0.39 is 5.60 Å². The highest BCUT2D eigenvalue weighted by Gasteiger charge is 2.09. The molecule has 0 bridgehead atoms. The molecule has 2 nitrogen and oxygen atoms in total. The van der Waals surface area contributed by atoms with Gasteiger partial charge in [0.25, 0.3) is 0 Å². The molecule has 0 fully saturated rings. The Hall–Kier alpha value is -1.19. The van der Waals surface area contributed by atoms with Crippen molar-refractivity contribution in [1.29, 1.82) is 0 Å². The Balaban J connectivity index is 2.30. The maximum absolute atomic E-state index is 12.6. The molecule has 1 aromatic rings. The van der Waals surface area contributed by atoms with E-state index in [9.17, 15) is 9.50 Å². The average Bonchev–Trinajstić information content (AvgIpc) is 2.19. The van der Waals surface area contributed by atoms with Crippen molar-refractivity contribution in [3.05, 3.63) is 41.7 Å². The summed E-state index contributed by atoms with van der Waals surface area (Å²) in [6.45, 7) is 4.73. The molecular weight excluding hydrogens is 205 g/mol. The van der Waals surface area contributed by atoms with Gasteiger partial charge in [0.05, 0.1) is 5.60 Å². The lowest BCUT2D eigenvalue weighted by Crippen LogP contribution is -2.34. The molecule has 88 valence electrons. The van der Waals surface area contributed by atoms with Crippen molar-refractivity contribution >= 4 is 6.08 Å². The smallest absolute Gasteiger partial charge is 0.123 e. The van der Waals surface area contributed by atoms with Crippen LogP contribution in [0, 0.1) is 5.82 Å². The van der Waals surface area contributed by atoms with Gasteiger partial charge in [-0.3, -0.25) is 0 Å². The van der Waals surface area contributed by atoms with Gasteiger partial charge < -0.3 is 10.4 Å². The number of benzene rings is 1. The molecule has 0 saturated carbocycles. The third-order valence-electron chi connectivity index (χ3n) is 2.00. The van der Waals surface area contributed by atoms with Crippen LogP contribution in [-0.4, -0.2) is 23.8 Å². The summed E-state index contributed by atoms with van der Waals surface area (Å²) in [5, 5.41) is 12.5. The largest absolute Gasteiger partial charge is 0.389 e. The Morgan fingerprint density at radius 2 is 1.94 bits per heavy atom. The zero-order chi connectivity index (χ0) is 12.0. The first-order chi connectivity index (χ1) is 7.47. The Bertz CT molecular complexity index is 338. The first kappa shape index (κ1) is 12.9. The second-order valence-electron chi connectivity index (χ2n) is 4.40. The van der Waals surface area contributed by atoms with Crippen molar-refractivity contribution in [2.24, 2.45) is 0 Å². The van der Waals surface area contributed by atoms with Crippen molar-refractivity contribution < 1.29 is 9.50 Å². The minimum atomic E-state index is -0.691. The van der Waals surface area contributed by atoms with Gasteiger partial charge >= 0.3 is 0 Å². The Kier molecular flexibility index (Phi) is 4.65. The molecule has 0 unspecified atom stereocenters. The van der Waals surface area contributed by atoms with Gasteiger partial charge in [0.2, 0.25) is 0 Å². The summed E-state index contributed by atoms with van der Waals surface area (Å²) in [5.41, 5.74) is 0.274. The number of hydrogen-bond acceptors (Lipinski definition) is 2. The molecule has 0 radical (unpaired) electrons. The molecule has 0 saturated heterocycles. The third-order valence-corrected chi connectivity index (χ3v) is 2.00. The highest BCUT2D eigenvalue weighted by atomic mass is 19.1. The SMILES string of the molecule is CC(C)(O)CNC/C=C/c1ccc(F)cc1. The fourth-order valence-corrected chi connectivity index (χ4v) is 1.23. The highest BCUT2D eigenvalue weighted by molar-refractivity contribution is 5.48. The molecular formula is C13H18FNO. The summed E-state index contributed by atoms with van der Waals surface area (Å²) in [5.74, 6) is -0.225. The van der Waals surface area contributed by atoms with E-state index in [0.717, 1.165) is 5.56 Å². The lowest BCUT2D eigenvalue weighted by atomic mass is 10.1. The van der Waals surface area contributed by atoms with Crippen LogP contribution < -0.4 is 5.32 Å². The van der Waals surface area contributed by atoms with Crippen LogP contribution in [0.25, 0.3) is 6.08 Å². The van der Waals surface area contributed by atoms with Crippen LogP contribution in [-0.2, 0) is 0 Å². The second-order valence-corrected chi connectivity index (χ2v) is 4.40. The van der Waals surface area contributed by atoms with Crippen molar-refractivity contribution in [2.75, 3.05) is 13.1 Å². The molecule has 0 heterocycles. The van der Waals surface area contributed by atoms with Crippen molar-refractivity contribution in [2.45, 2.75) is 19.4 Å². The zero-order valence-electron chi connectivity index (χ0n) is 9.70. The van der Waals surface area contributed by atoms with Crippen LogP contribution in [0.1, 0.15) is 19.4 Å². The van der Waals surface area contributed by atoms with E-state index in [0.29, 0.717) is 13.1 Å². The van der Waals surface area contributed by atoms with Gasteiger partial charge in [-0.25, -0.2) is 4.39 Å². The van der Waals surface area contributed by atoms with Crippen LogP contribution in [0.5, 0.6) is 0 Å². The standard InChI is InChI=1S/C13H18FNO/c1-13(2,16)10-15-9-3-4-11-5-7-12(14)8-6-11/h3-8,15-16H,9-10H2,1-2H3/b4-3+. The Labute approximate surface area is 95.8 Å². The van der Waals surface area contributed by atoms with Crippen molar-refractivity contribution in [3.63, 3.8) is 0 Å². The van der Waals surface area contributed by atoms with E-state index in [1.165, 1.54) is 12.1 Å². The zero-order valence-corrected chi connectivity index (χ0v) is 9.70. The Morgan fingerprint density at radius 3 is 2.50 bits per heavy atom. The molecule has 0 aromatic heterocycles. The minimum absolute atomic E-state index is 0.225. The quantitative estimate of drug-likeness (QED) is 0.750. The molecule has 2 N–H and O–H groups in total. The summed E-state index contributed by atoms with van der Waals surface area (Å²) in [6, 6.07) is 6.32. The average molecular weight is 223 g/mol. The van der Waals surface area contributed by atoms with E-state index >= 15 is 0 Å². The molecule has 0 spiro atoms. The van der Waals surface area contributed by atoms with Crippen LogP contribution >= 0.6 is 0 Å². The maximum Gasteiger partial charge on any atom is 0.123 e. The fourth-order valence-electron chi connectivity index (χ4n) is 1.23. The molecule has 0 atom stereocenters. The summed E-state index contributed by atoms with van der Waals surface area (Å²) in [6.07, 6.45) is 3.86. The lowest BCUT2D eigenvalue weighted by Gasteiger charge is -2.16. The van der Waals surface area contributed by atoms with Gasteiger partial charge in [0, 0.05) is 13.1 Å². The maximum atomic E-state index is 12.6. The molecule has 0 aliphatic carbocycles. The van der Waals surface area contributed by atoms with Crippen molar-refractivity contribution in [1.82, 2.24) is 5.32 Å². The van der Waals surface area contributed by atoms with E-state index in [2.05, 4.69) is 5.32 Å². The minimum Gasteiger partial charge on any atom is -0.389 e. The van der Waals surface area contributed by atoms with Gasteiger partial charge in [-0.2, -0.15) is 0 Å². The van der Waals surface area contributed by atoms with Crippen molar-refractivity contribution in [3.8, 4) is 0 Å². The van der Waals surface area contributed by atoms with E-state index in [1.807, 2.05) is 12.2 Å². The molecule has 16 heavy (non-hydrogen) atoms. The highest BCUT2D eigenvalue weighted by Crippen LogP contribution is 2.04. The van der Waals surface area contributed by atoms with Gasteiger partial charge in [-0.05, 0) is 31.5 Å². The van der Waals surface area contributed by atoms with Gasteiger partial charge in [-0.15, -0.1) is 0 Å². The van der Waals surface area contributed by atoms with Gasteiger partial charge in [0.15, 0.2) is 0 Å². The van der Waals surface area contributed by atoms with Crippen LogP contribution in [0.2, 0.25) is 0 Å². The van der Waals surface area contributed by atoms with E-state index in [4.69, 9.17) is 0 Å². The first-order valence-electron chi connectivity index (χ1n) is 5.32. The molecule has 3 heteroatoms. The number of halogens is 1. The number of aliphatic hydroxyl groups is 1. The van der Waals surface area contributed by atoms with E-state index in [1.54, 1.807) is 26.0 Å². The lowest BCUT2D eigenvalue weighted by molar-refractivity contribution is 0.0810. The predicted octanol–water partition coefficient (Wildman–Crippen LogP) is 2.20. The monoisotopic (exact) mass is 223 g/mol. The normalized spacial score (nSPS) is 12.2. The summed E-state index contributed by atoms with van der Waals surface area (Å²) in [7, 11) is 0. The van der Waals surface area contributed by atoms with Crippen LogP contribution in [0.3, 0.4) is 0 Å². The summed E-state index contributed by atoms with van der Waals surface area (Å²) >= 11 is 0. The number of rotatable bonds is 5. The predicted molar refractivity (Wildman–Crippen MR) is 64.6 cm³/mol. The van der Waals surface area contributed by atoms with E-state index in [-0.39, 0.29) is 5.82 Å². The Morgan fingerprint density at radius 1 is 1.31 bits per heavy atom. The number of nitrogens with one attached hydrogen (secondary N) is 1. The molecule has 0 aliphatic rings. The van der Waals surface area contributed by atoms with Crippen LogP contribution in [0.15, 0.2) is 30.3 Å². The molecule has 0 amide bonds. The summed E-state index contributed by atoms with van der Waals surface area (Å²) < 4.78 is 12.6. The van der Waals surface area contributed by atoms with Gasteiger partial charge in [-0.1, -0.05) is 24.3 Å². The molecule has 0 aliphatic heterocycles. The fraction of sp³-hybridized carbons (Fsp3) is 0.385. The van der Waals surface area contributed by atoms with Crippen LogP contribution in [0.4, 0.5) is 4.39 Å². The summed E-state index contributed by atoms with van der Waals surface area (Å²) in [4.78, 5) is 0.